The van der Waals surface area contributed by atoms with E-state index in [-0.39, 0.29) is 5.91 Å². The van der Waals surface area contributed by atoms with Gasteiger partial charge in [0.05, 0.1) is 13.7 Å². The molecule has 0 spiro atoms. The van der Waals surface area contributed by atoms with Gasteiger partial charge in [-0.05, 0) is 43.7 Å². The second kappa shape index (κ2) is 8.82. The van der Waals surface area contributed by atoms with Crippen molar-refractivity contribution in [2.24, 2.45) is 0 Å². The summed E-state index contributed by atoms with van der Waals surface area (Å²) in [6.45, 7) is 4.44. The first-order valence-corrected chi connectivity index (χ1v) is 7.87. The SMILES string of the molecule is COc1ccccc1OCCNC(=O)C(C)Oc1cccc(C)c1. The van der Waals surface area contributed by atoms with E-state index in [0.717, 1.165) is 5.56 Å². The van der Waals surface area contributed by atoms with Gasteiger partial charge in [0.1, 0.15) is 12.4 Å². The highest BCUT2D eigenvalue weighted by Gasteiger charge is 2.14. The van der Waals surface area contributed by atoms with E-state index >= 15 is 0 Å². The van der Waals surface area contributed by atoms with Crippen LogP contribution in [0.25, 0.3) is 0 Å². The molecule has 1 amide bonds. The lowest BCUT2D eigenvalue weighted by molar-refractivity contribution is -0.127. The number of benzene rings is 2. The molecule has 1 N–H and O–H groups in total. The Balaban J connectivity index is 1.74. The zero-order valence-electron chi connectivity index (χ0n) is 14.2. The van der Waals surface area contributed by atoms with Gasteiger partial charge >= 0.3 is 0 Å². The van der Waals surface area contributed by atoms with Crippen molar-refractivity contribution >= 4 is 5.91 Å². The summed E-state index contributed by atoms with van der Waals surface area (Å²) in [5.41, 5.74) is 1.09. The normalized spacial score (nSPS) is 11.5. The molecule has 0 aromatic heterocycles. The molecule has 128 valence electrons. The Morgan fingerprint density at radius 2 is 1.88 bits per heavy atom. The fourth-order valence-corrected chi connectivity index (χ4v) is 2.16. The van der Waals surface area contributed by atoms with E-state index in [1.165, 1.54) is 0 Å². The van der Waals surface area contributed by atoms with Crippen LogP contribution in [0.15, 0.2) is 48.5 Å². The number of ether oxygens (including phenoxy) is 3. The van der Waals surface area contributed by atoms with Crippen LogP contribution < -0.4 is 19.5 Å². The van der Waals surface area contributed by atoms with E-state index in [2.05, 4.69) is 5.32 Å². The topological polar surface area (TPSA) is 56.8 Å². The summed E-state index contributed by atoms with van der Waals surface area (Å²) in [7, 11) is 1.59. The monoisotopic (exact) mass is 329 g/mol. The first kappa shape index (κ1) is 17.7. The van der Waals surface area contributed by atoms with Crippen molar-refractivity contribution in [2.75, 3.05) is 20.3 Å². The molecule has 0 heterocycles. The molecule has 0 aliphatic heterocycles. The molecule has 5 nitrogen and oxygen atoms in total. The van der Waals surface area contributed by atoms with Gasteiger partial charge in [0.15, 0.2) is 17.6 Å². The number of methoxy groups -OCH3 is 1. The van der Waals surface area contributed by atoms with Gasteiger partial charge in [0.2, 0.25) is 0 Å². The molecule has 0 fully saturated rings. The van der Waals surface area contributed by atoms with Crippen LogP contribution in [-0.2, 0) is 4.79 Å². The molecule has 1 atom stereocenters. The second-order valence-corrected chi connectivity index (χ2v) is 5.37. The molecule has 0 aliphatic rings. The third-order valence-corrected chi connectivity index (χ3v) is 3.40. The molecule has 0 aliphatic carbocycles. The zero-order valence-corrected chi connectivity index (χ0v) is 14.2. The number of rotatable bonds is 8. The van der Waals surface area contributed by atoms with Gasteiger partial charge in [-0.1, -0.05) is 24.3 Å². The molecule has 0 bridgehead atoms. The van der Waals surface area contributed by atoms with Gasteiger partial charge in [-0.25, -0.2) is 0 Å². The zero-order chi connectivity index (χ0) is 17.4. The highest BCUT2D eigenvalue weighted by molar-refractivity contribution is 5.80. The predicted octanol–water partition coefficient (Wildman–Crippen LogP) is 2.97. The number of nitrogens with one attached hydrogen (secondary N) is 1. The number of hydrogen-bond acceptors (Lipinski definition) is 4. The van der Waals surface area contributed by atoms with E-state index in [4.69, 9.17) is 14.2 Å². The lowest BCUT2D eigenvalue weighted by Gasteiger charge is -2.15. The van der Waals surface area contributed by atoms with Gasteiger partial charge in [-0.3, -0.25) is 4.79 Å². The molecular weight excluding hydrogens is 306 g/mol. The van der Waals surface area contributed by atoms with E-state index < -0.39 is 6.10 Å². The Kier molecular flexibility index (Phi) is 6.49. The molecule has 0 saturated heterocycles. The van der Waals surface area contributed by atoms with Crippen molar-refractivity contribution in [2.45, 2.75) is 20.0 Å². The van der Waals surface area contributed by atoms with Crippen molar-refractivity contribution < 1.29 is 19.0 Å². The first-order chi connectivity index (χ1) is 11.6. The third kappa shape index (κ3) is 5.19. The maximum Gasteiger partial charge on any atom is 0.260 e. The number of carbonyl (C=O) groups excluding carboxylic acids is 1. The minimum absolute atomic E-state index is 0.180. The summed E-state index contributed by atoms with van der Waals surface area (Å²) in [6.07, 6.45) is -0.571. The second-order valence-electron chi connectivity index (χ2n) is 5.37. The van der Waals surface area contributed by atoms with E-state index in [1.54, 1.807) is 14.0 Å². The van der Waals surface area contributed by atoms with Gasteiger partial charge in [-0.2, -0.15) is 0 Å². The van der Waals surface area contributed by atoms with Crippen LogP contribution in [0, 0.1) is 6.92 Å². The fourth-order valence-electron chi connectivity index (χ4n) is 2.16. The van der Waals surface area contributed by atoms with Gasteiger partial charge in [-0.15, -0.1) is 0 Å². The lowest BCUT2D eigenvalue weighted by atomic mass is 10.2. The van der Waals surface area contributed by atoms with Crippen LogP contribution >= 0.6 is 0 Å². The van der Waals surface area contributed by atoms with Crippen molar-refractivity contribution in [3.05, 3.63) is 54.1 Å². The molecule has 0 radical (unpaired) electrons. The Hall–Kier alpha value is -2.69. The minimum atomic E-state index is -0.571. The van der Waals surface area contributed by atoms with Crippen LogP contribution in [0.1, 0.15) is 12.5 Å². The Morgan fingerprint density at radius 1 is 1.12 bits per heavy atom. The van der Waals surface area contributed by atoms with Gasteiger partial charge in [0.25, 0.3) is 5.91 Å². The summed E-state index contributed by atoms with van der Waals surface area (Å²) in [4.78, 5) is 12.1. The number of hydrogen-bond donors (Lipinski definition) is 1. The van der Waals surface area contributed by atoms with E-state index in [1.807, 2.05) is 55.5 Å². The maximum absolute atomic E-state index is 12.1. The third-order valence-electron chi connectivity index (χ3n) is 3.40. The van der Waals surface area contributed by atoms with Gasteiger partial charge < -0.3 is 19.5 Å². The smallest absolute Gasteiger partial charge is 0.260 e. The van der Waals surface area contributed by atoms with Crippen LogP contribution in [0.2, 0.25) is 0 Å². The van der Waals surface area contributed by atoms with Crippen molar-refractivity contribution in [1.82, 2.24) is 5.32 Å². The van der Waals surface area contributed by atoms with E-state index in [0.29, 0.717) is 30.4 Å². The molecule has 1 unspecified atom stereocenters. The molecule has 5 heteroatoms. The average Bonchev–Trinajstić information content (AvgIpc) is 2.58. The number of para-hydroxylation sites is 2. The van der Waals surface area contributed by atoms with Crippen molar-refractivity contribution in [1.29, 1.82) is 0 Å². The Labute approximate surface area is 142 Å². The van der Waals surface area contributed by atoms with E-state index in [9.17, 15) is 4.79 Å². The number of amides is 1. The Morgan fingerprint density at radius 3 is 2.58 bits per heavy atom. The summed E-state index contributed by atoms with van der Waals surface area (Å²) >= 11 is 0. The van der Waals surface area contributed by atoms with Crippen molar-refractivity contribution in [3.8, 4) is 17.2 Å². The fraction of sp³-hybridized carbons (Fsp3) is 0.316. The standard InChI is InChI=1S/C19H23NO4/c1-14-7-6-8-16(13-14)24-15(2)19(21)20-11-12-23-18-10-5-4-9-17(18)22-3/h4-10,13,15H,11-12H2,1-3H3,(H,20,21). The van der Waals surface area contributed by atoms with Crippen LogP contribution in [0.4, 0.5) is 0 Å². The molecule has 2 aromatic carbocycles. The van der Waals surface area contributed by atoms with Crippen LogP contribution in [0.5, 0.6) is 17.2 Å². The number of carbonyl (C=O) groups is 1. The molecule has 24 heavy (non-hydrogen) atoms. The first-order valence-electron chi connectivity index (χ1n) is 7.87. The quantitative estimate of drug-likeness (QED) is 0.757. The highest BCUT2D eigenvalue weighted by Crippen LogP contribution is 2.25. The lowest BCUT2D eigenvalue weighted by Crippen LogP contribution is -2.38. The molecule has 2 rings (SSSR count). The molecule has 2 aromatic rings. The molecular formula is C19H23NO4. The summed E-state index contributed by atoms with van der Waals surface area (Å²) in [6, 6.07) is 15.0. The summed E-state index contributed by atoms with van der Waals surface area (Å²) in [5.74, 6) is 1.82. The van der Waals surface area contributed by atoms with Crippen molar-refractivity contribution in [3.63, 3.8) is 0 Å². The number of aryl methyl sites for hydroxylation is 1. The van der Waals surface area contributed by atoms with Crippen LogP contribution in [-0.4, -0.2) is 32.3 Å². The highest BCUT2D eigenvalue weighted by atomic mass is 16.5. The Bertz CT molecular complexity index is 672. The summed E-state index contributed by atoms with van der Waals surface area (Å²) in [5, 5.41) is 2.80. The van der Waals surface area contributed by atoms with Crippen LogP contribution in [0.3, 0.4) is 0 Å². The minimum Gasteiger partial charge on any atom is -0.493 e. The maximum atomic E-state index is 12.1. The predicted molar refractivity (Wildman–Crippen MR) is 92.8 cm³/mol. The molecule has 0 saturated carbocycles. The summed E-state index contributed by atoms with van der Waals surface area (Å²) < 4.78 is 16.5. The largest absolute Gasteiger partial charge is 0.493 e. The average molecular weight is 329 g/mol. The van der Waals surface area contributed by atoms with Gasteiger partial charge in [0, 0.05) is 0 Å².